The van der Waals surface area contributed by atoms with Gasteiger partial charge in [-0.1, -0.05) is 29.8 Å². The number of phenolic OH excluding ortho intramolecular Hbond substituents is 1. The van der Waals surface area contributed by atoms with E-state index in [0.717, 1.165) is 22.3 Å². The summed E-state index contributed by atoms with van der Waals surface area (Å²) in [7, 11) is 0. The van der Waals surface area contributed by atoms with Gasteiger partial charge in [0.05, 0.1) is 10.5 Å². The van der Waals surface area contributed by atoms with Crippen LogP contribution in [0.15, 0.2) is 48.5 Å². The van der Waals surface area contributed by atoms with Gasteiger partial charge in [-0.25, -0.2) is 0 Å². The maximum atomic E-state index is 9.44. The molecular weight excluding hydrogens is 284 g/mol. The summed E-state index contributed by atoms with van der Waals surface area (Å²) in [6.07, 6.45) is 0. The van der Waals surface area contributed by atoms with Gasteiger partial charge < -0.3 is 10.4 Å². The number of hydrogen-bond acceptors (Lipinski definition) is 3. The van der Waals surface area contributed by atoms with Crippen molar-refractivity contribution in [1.29, 1.82) is 0 Å². The second-order valence-corrected chi connectivity index (χ2v) is 5.37. The standard InChI is InChI=1S/C17H15ClN2O/c1-11-8-12(14-4-2-3-5-16(14)20-11)10-19-13-6-7-17(21)15(18)9-13/h2-9,19,21H,10H2,1H3. The summed E-state index contributed by atoms with van der Waals surface area (Å²) in [5.41, 5.74) is 4.05. The summed E-state index contributed by atoms with van der Waals surface area (Å²) < 4.78 is 0. The predicted molar refractivity (Wildman–Crippen MR) is 86.9 cm³/mol. The molecule has 0 bridgehead atoms. The molecular formula is C17H15ClN2O. The van der Waals surface area contributed by atoms with Crippen molar-refractivity contribution in [3.8, 4) is 5.75 Å². The van der Waals surface area contributed by atoms with Crippen molar-refractivity contribution in [3.05, 3.63) is 64.8 Å². The first-order valence-corrected chi connectivity index (χ1v) is 7.09. The number of aryl methyl sites for hydroxylation is 1. The highest BCUT2D eigenvalue weighted by Crippen LogP contribution is 2.27. The van der Waals surface area contributed by atoms with Crippen LogP contribution in [-0.2, 0) is 6.54 Å². The van der Waals surface area contributed by atoms with Gasteiger partial charge in [0.2, 0.25) is 0 Å². The molecule has 3 nitrogen and oxygen atoms in total. The van der Waals surface area contributed by atoms with E-state index in [1.165, 1.54) is 5.56 Å². The molecule has 3 aromatic rings. The lowest BCUT2D eigenvalue weighted by molar-refractivity contribution is 0.475. The van der Waals surface area contributed by atoms with Crippen LogP contribution in [0.2, 0.25) is 5.02 Å². The van der Waals surface area contributed by atoms with Gasteiger partial charge in [0, 0.05) is 23.3 Å². The zero-order valence-electron chi connectivity index (χ0n) is 11.6. The van der Waals surface area contributed by atoms with Crippen LogP contribution in [0, 0.1) is 6.92 Å². The molecule has 0 unspecified atom stereocenters. The van der Waals surface area contributed by atoms with E-state index in [9.17, 15) is 5.11 Å². The summed E-state index contributed by atoms with van der Waals surface area (Å²) >= 11 is 5.92. The number of nitrogens with zero attached hydrogens (tertiary/aromatic N) is 1. The Kier molecular flexibility index (Phi) is 3.67. The van der Waals surface area contributed by atoms with Crippen LogP contribution in [-0.4, -0.2) is 10.1 Å². The van der Waals surface area contributed by atoms with E-state index in [4.69, 9.17) is 11.6 Å². The Hall–Kier alpha value is -2.26. The van der Waals surface area contributed by atoms with Gasteiger partial charge in [0.15, 0.2) is 0 Å². The highest BCUT2D eigenvalue weighted by atomic mass is 35.5. The Labute approximate surface area is 128 Å². The molecule has 0 spiro atoms. The highest BCUT2D eigenvalue weighted by molar-refractivity contribution is 6.32. The van der Waals surface area contributed by atoms with Crippen molar-refractivity contribution < 1.29 is 5.11 Å². The van der Waals surface area contributed by atoms with Gasteiger partial charge in [0.25, 0.3) is 0 Å². The average Bonchev–Trinajstić information content (AvgIpc) is 2.48. The second-order valence-electron chi connectivity index (χ2n) is 4.96. The molecule has 2 N–H and O–H groups in total. The topological polar surface area (TPSA) is 45.1 Å². The first kappa shape index (κ1) is 13.7. The van der Waals surface area contributed by atoms with Crippen LogP contribution in [0.1, 0.15) is 11.3 Å². The van der Waals surface area contributed by atoms with Gasteiger partial charge in [-0.15, -0.1) is 0 Å². The van der Waals surface area contributed by atoms with Crippen LogP contribution < -0.4 is 5.32 Å². The van der Waals surface area contributed by atoms with Gasteiger partial charge in [-0.3, -0.25) is 4.98 Å². The summed E-state index contributed by atoms with van der Waals surface area (Å²) in [5.74, 6) is 0.0902. The zero-order valence-corrected chi connectivity index (χ0v) is 12.4. The Bertz CT molecular complexity index is 802. The van der Waals surface area contributed by atoms with Crippen LogP contribution in [0.5, 0.6) is 5.75 Å². The predicted octanol–water partition coefficient (Wildman–Crippen LogP) is 4.51. The number of nitrogens with one attached hydrogen (secondary N) is 1. The minimum atomic E-state index is 0.0902. The quantitative estimate of drug-likeness (QED) is 0.699. The Morgan fingerprint density at radius 2 is 1.95 bits per heavy atom. The van der Waals surface area contributed by atoms with Crippen molar-refractivity contribution in [2.45, 2.75) is 13.5 Å². The van der Waals surface area contributed by atoms with Crippen LogP contribution in [0.3, 0.4) is 0 Å². The number of phenols is 1. The average molecular weight is 299 g/mol. The molecule has 0 amide bonds. The molecule has 0 aliphatic rings. The molecule has 0 saturated heterocycles. The number of hydrogen-bond donors (Lipinski definition) is 2. The smallest absolute Gasteiger partial charge is 0.134 e. The Balaban J connectivity index is 1.89. The third kappa shape index (κ3) is 2.93. The van der Waals surface area contributed by atoms with Crippen molar-refractivity contribution in [1.82, 2.24) is 4.98 Å². The fourth-order valence-corrected chi connectivity index (χ4v) is 2.54. The maximum Gasteiger partial charge on any atom is 0.134 e. The lowest BCUT2D eigenvalue weighted by atomic mass is 10.1. The van der Waals surface area contributed by atoms with Gasteiger partial charge in [-0.2, -0.15) is 0 Å². The molecule has 0 atom stereocenters. The van der Waals surface area contributed by atoms with E-state index in [0.29, 0.717) is 11.6 Å². The number of rotatable bonds is 3. The zero-order chi connectivity index (χ0) is 14.8. The number of aromatic nitrogens is 1. The van der Waals surface area contributed by atoms with Crippen molar-refractivity contribution in [3.63, 3.8) is 0 Å². The van der Waals surface area contributed by atoms with E-state index in [1.807, 2.05) is 25.1 Å². The highest BCUT2D eigenvalue weighted by Gasteiger charge is 2.04. The van der Waals surface area contributed by atoms with Crippen LogP contribution in [0.25, 0.3) is 10.9 Å². The number of pyridine rings is 1. The number of para-hydroxylation sites is 1. The third-order valence-corrected chi connectivity index (χ3v) is 3.66. The van der Waals surface area contributed by atoms with E-state index in [-0.39, 0.29) is 5.75 Å². The van der Waals surface area contributed by atoms with E-state index >= 15 is 0 Å². The summed E-state index contributed by atoms with van der Waals surface area (Å²) in [6, 6.07) is 15.3. The molecule has 0 aliphatic heterocycles. The normalized spacial score (nSPS) is 10.8. The summed E-state index contributed by atoms with van der Waals surface area (Å²) in [4.78, 5) is 4.54. The van der Waals surface area contributed by atoms with Crippen molar-refractivity contribution >= 4 is 28.2 Å². The summed E-state index contributed by atoms with van der Waals surface area (Å²) in [6.45, 7) is 2.67. The molecule has 0 fully saturated rings. The number of aromatic hydroxyl groups is 1. The molecule has 2 aromatic carbocycles. The van der Waals surface area contributed by atoms with Gasteiger partial charge in [-0.05, 0) is 42.8 Å². The van der Waals surface area contributed by atoms with Crippen LogP contribution >= 0.6 is 11.6 Å². The maximum absolute atomic E-state index is 9.44. The first-order valence-electron chi connectivity index (χ1n) is 6.71. The van der Waals surface area contributed by atoms with E-state index in [1.54, 1.807) is 18.2 Å². The first-order chi connectivity index (χ1) is 10.1. The van der Waals surface area contributed by atoms with Gasteiger partial charge >= 0.3 is 0 Å². The van der Waals surface area contributed by atoms with Crippen molar-refractivity contribution in [2.24, 2.45) is 0 Å². The molecule has 0 radical (unpaired) electrons. The fourth-order valence-electron chi connectivity index (χ4n) is 2.36. The molecule has 4 heteroatoms. The molecule has 3 rings (SSSR count). The number of benzene rings is 2. The number of halogens is 1. The Morgan fingerprint density at radius 1 is 1.14 bits per heavy atom. The van der Waals surface area contributed by atoms with E-state index < -0.39 is 0 Å². The van der Waals surface area contributed by atoms with Crippen molar-refractivity contribution in [2.75, 3.05) is 5.32 Å². The number of anilines is 1. The fraction of sp³-hybridized carbons (Fsp3) is 0.118. The molecule has 106 valence electrons. The lowest BCUT2D eigenvalue weighted by Gasteiger charge is -2.11. The minimum Gasteiger partial charge on any atom is -0.506 e. The lowest BCUT2D eigenvalue weighted by Crippen LogP contribution is -2.01. The largest absolute Gasteiger partial charge is 0.506 e. The SMILES string of the molecule is Cc1cc(CNc2ccc(O)c(Cl)c2)c2ccccc2n1. The Morgan fingerprint density at radius 3 is 2.76 bits per heavy atom. The minimum absolute atomic E-state index is 0.0902. The van der Waals surface area contributed by atoms with Gasteiger partial charge in [0.1, 0.15) is 5.75 Å². The summed E-state index contributed by atoms with van der Waals surface area (Å²) in [5, 5.41) is 14.2. The second kappa shape index (κ2) is 5.62. The molecule has 0 saturated carbocycles. The monoisotopic (exact) mass is 298 g/mol. The third-order valence-electron chi connectivity index (χ3n) is 3.36. The molecule has 1 heterocycles. The van der Waals surface area contributed by atoms with E-state index in [2.05, 4.69) is 22.4 Å². The molecule has 0 aliphatic carbocycles. The van der Waals surface area contributed by atoms with Crippen LogP contribution in [0.4, 0.5) is 5.69 Å². The molecule has 21 heavy (non-hydrogen) atoms. The molecule has 1 aromatic heterocycles. The number of fused-ring (bicyclic) bond motifs is 1.